The maximum atomic E-state index is 13.4. The molecule has 3 aromatic heterocycles. The van der Waals surface area contributed by atoms with Gasteiger partial charge in [-0.15, -0.1) is 0 Å². The number of aryl methyl sites for hydroxylation is 1. The van der Waals surface area contributed by atoms with Crippen molar-refractivity contribution in [1.29, 1.82) is 5.26 Å². The zero-order valence-electron chi connectivity index (χ0n) is 19.7. The number of nitrogens with two attached hydrogens (primary N) is 1. The molecule has 0 amide bonds. The third-order valence-corrected chi connectivity index (χ3v) is 7.33. The number of Topliss-reactive ketones (excluding diaryl/α,β-unsaturated/α-hetero) is 1. The number of aromatic nitrogens is 4. The Morgan fingerprint density at radius 2 is 2.14 bits per heavy atom. The van der Waals surface area contributed by atoms with Crippen molar-refractivity contribution in [2.45, 2.75) is 31.3 Å². The fourth-order valence-corrected chi connectivity index (χ4v) is 5.51. The minimum absolute atomic E-state index is 0.00391. The number of aromatic amines is 1. The van der Waals surface area contributed by atoms with Crippen LogP contribution in [0.4, 0.5) is 5.95 Å². The van der Waals surface area contributed by atoms with Crippen molar-refractivity contribution >= 4 is 34.2 Å². The first-order chi connectivity index (χ1) is 17.4. The predicted molar refractivity (Wildman–Crippen MR) is 138 cm³/mol. The average Bonchev–Trinajstić information content (AvgIpc) is 3.55. The highest BCUT2D eigenvalue weighted by Gasteiger charge is 2.32. The van der Waals surface area contributed by atoms with Gasteiger partial charge in [-0.1, -0.05) is 18.2 Å². The third-order valence-electron chi connectivity index (χ3n) is 6.65. The molecule has 1 fully saturated rings. The lowest BCUT2D eigenvalue weighted by atomic mass is 9.95. The summed E-state index contributed by atoms with van der Waals surface area (Å²) in [6.45, 7) is 1.17. The Morgan fingerprint density at radius 3 is 2.86 bits per heavy atom. The number of thiophene rings is 1. The summed E-state index contributed by atoms with van der Waals surface area (Å²) < 4.78 is 3.00. The van der Waals surface area contributed by atoms with E-state index in [0.717, 1.165) is 12.8 Å². The number of nitrogens with zero attached hydrogens (tertiary/aromatic N) is 5. The number of ketones is 1. The van der Waals surface area contributed by atoms with Gasteiger partial charge >= 0.3 is 5.69 Å². The number of imidazole rings is 1. The molecule has 0 saturated carbocycles. The largest absolute Gasteiger partial charge is 0.341 e. The summed E-state index contributed by atoms with van der Waals surface area (Å²) in [7, 11) is 1.54. The zero-order valence-corrected chi connectivity index (χ0v) is 20.5. The summed E-state index contributed by atoms with van der Waals surface area (Å²) in [5, 5.41) is 13.5. The molecule has 1 saturated heterocycles. The lowest BCUT2D eigenvalue weighted by Gasteiger charge is -2.33. The van der Waals surface area contributed by atoms with Crippen LogP contribution in [0, 0.1) is 11.3 Å². The molecule has 0 bridgehead atoms. The molecule has 1 aliphatic heterocycles. The van der Waals surface area contributed by atoms with Crippen molar-refractivity contribution in [2.75, 3.05) is 18.0 Å². The molecule has 36 heavy (non-hydrogen) atoms. The van der Waals surface area contributed by atoms with Gasteiger partial charge in [-0.05, 0) is 35.9 Å². The summed E-state index contributed by atoms with van der Waals surface area (Å²) >= 11 is 1.42. The molecule has 4 heterocycles. The van der Waals surface area contributed by atoms with E-state index >= 15 is 0 Å². The zero-order chi connectivity index (χ0) is 25.4. The van der Waals surface area contributed by atoms with Crippen LogP contribution in [-0.4, -0.2) is 44.0 Å². The number of carbonyl (C=O) groups excluding carboxylic acids is 1. The minimum atomic E-state index is -0.718. The van der Waals surface area contributed by atoms with Gasteiger partial charge in [0.05, 0.1) is 17.7 Å². The van der Waals surface area contributed by atoms with E-state index in [0.29, 0.717) is 35.7 Å². The Labute approximate surface area is 210 Å². The van der Waals surface area contributed by atoms with Crippen molar-refractivity contribution < 1.29 is 4.79 Å². The van der Waals surface area contributed by atoms with E-state index in [1.165, 1.54) is 15.9 Å². The van der Waals surface area contributed by atoms with Gasteiger partial charge < -0.3 is 10.6 Å². The van der Waals surface area contributed by atoms with Gasteiger partial charge in [0, 0.05) is 43.5 Å². The van der Waals surface area contributed by atoms with Crippen molar-refractivity contribution in [1.82, 2.24) is 19.1 Å². The number of nitrogens with one attached hydrogen (secondary N) is 1. The SMILES string of the molecule is Cn1c(=O)[nH]c(=O)c2c1nc(N1CCCC(N)C1)n2C(CC(=O)c1ccsc1)c1ccccc1C#N. The minimum Gasteiger partial charge on any atom is -0.341 e. The van der Waals surface area contributed by atoms with Gasteiger partial charge in [0.15, 0.2) is 16.9 Å². The molecule has 184 valence electrons. The van der Waals surface area contributed by atoms with E-state index in [1.807, 2.05) is 10.3 Å². The monoisotopic (exact) mass is 503 g/mol. The first-order valence-corrected chi connectivity index (χ1v) is 12.6. The topological polar surface area (TPSA) is 143 Å². The highest BCUT2D eigenvalue weighted by atomic mass is 32.1. The number of piperidine rings is 1. The van der Waals surface area contributed by atoms with Crippen LogP contribution in [-0.2, 0) is 7.05 Å². The number of fused-ring (bicyclic) bond motifs is 1. The average molecular weight is 504 g/mol. The number of benzene rings is 1. The lowest BCUT2D eigenvalue weighted by Crippen LogP contribution is -2.44. The first-order valence-electron chi connectivity index (χ1n) is 11.6. The third kappa shape index (κ3) is 4.14. The van der Waals surface area contributed by atoms with E-state index in [2.05, 4.69) is 11.1 Å². The van der Waals surface area contributed by atoms with Gasteiger partial charge in [-0.25, -0.2) is 4.79 Å². The second-order valence-electron chi connectivity index (χ2n) is 8.97. The van der Waals surface area contributed by atoms with Crippen LogP contribution < -0.4 is 21.9 Å². The first kappa shape index (κ1) is 23.7. The maximum Gasteiger partial charge on any atom is 0.329 e. The number of H-pyrrole nitrogens is 1. The summed E-state index contributed by atoms with van der Waals surface area (Å²) in [6, 6.07) is 10.2. The fraction of sp³-hybridized carbons (Fsp3) is 0.320. The molecule has 2 atom stereocenters. The second-order valence-corrected chi connectivity index (χ2v) is 9.75. The molecule has 1 aromatic carbocycles. The number of nitriles is 1. The molecule has 11 heteroatoms. The lowest BCUT2D eigenvalue weighted by molar-refractivity contribution is 0.0970. The number of hydrogen-bond acceptors (Lipinski definition) is 8. The molecular weight excluding hydrogens is 478 g/mol. The highest BCUT2D eigenvalue weighted by molar-refractivity contribution is 7.08. The molecule has 3 N–H and O–H groups in total. The van der Waals surface area contributed by atoms with Crippen LogP contribution in [0.3, 0.4) is 0 Å². The maximum absolute atomic E-state index is 13.4. The summed E-state index contributed by atoms with van der Waals surface area (Å²) in [4.78, 5) is 48.1. The number of rotatable bonds is 6. The van der Waals surface area contributed by atoms with Crippen molar-refractivity contribution in [3.8, 4) is 6.07 Å². The molecule has 4 aromatic rings. The van der Waals surface area contributed by atoms with Gasteiger partial charge in [-0.3, -0.25) is 23.7 Å². The Hall–Kier alpha value is -4.01. The molecule has 0 radical (unpaired) electrons. The van der Waals surface area contributed by atoms with Crippen LogP contribution in [0.2, 0.25) is 0 Å². The summed E-state index contributed by atoms with van der Waals surface area (Å²) in [5.41, 5.74) is 7.02. The van der Waals surface area contributed by atoms with E-state index < -0.39 is 17.3 Å². The van der Waals surface area contributed by atoms with Crippen molar-refractivity contribution in [2.24, 2.45) is 12.8 Å². The van der Waals surface area contributed by atoms with Crippen molar-refractivity contribution in [3.05, 3.63) is 78.6 Å². The van der Waals surface area contributed by atoms with Crippen molar-refractivity contribution in [3.63, 3.8) is 0 Å². The summed E-state index contributed by atoms with van der Waals surface area (Å²) in [5.74, 6) is 0.320. The molecular formula is C25H25N7O3S. The van der Waals surface area contributed by atoms with Crippen LogP contribution in [0.15, 0.2) is 50.7 Å². The normalized spacial score (nSPS) is 16.7. The number of carbonyl (C=O) groups is 1. The van der Waals surface area contributed by atoms with Crippen LogP contribution >= 0.6 is 11.3 Å². The molecule has 2 unspecified atom stereocenters. The standard InChI is InChI=1S/C25H25N7O3S/c1-30-22-21(23(34)29-25(30)35)32(24(28-22)31-9-4-6-17(27)13-31)19(11-20(33)16-8-10-36-14-16)18-7-3-2-5-15(18)12-26/h2-3,5,7-8,10,14,17,19H,4,6,9,11,13,27H2,1H3,(H,29,34,35). The van der Waals surface area contributed by atoms with Crippen LogP contribution in [0.1, 0.15) is 46.8 Å². The van der Waals surface area contributed by atoms with E-state index in [-0.39, 0.29) is 29.4 Å². The van der Waals surface area contributed by atoms with Crippen LogP contribution in [0.5, 0.6) is 0 Å². The molecule has 1 aliphatic rings. The highest BCUT2D eigenvalue weighted by Crippen LogP contribution is 2.34. The second kappa shape index (κ2) is 9.56. The molecule has 0 aliphatic carbocycles. The Kier molecular flexibility index (Phi) is 6.30. The molecule has 5 rings (SSSR count). The number of anilines is 1. The van der Waals surface area contributed by atoms with Gasteiger partial charge in [-0.2, -0.15) is 21.6 Å². The molecule has 0 spiro atoms. The smallest absolute Gasteiger partial charge is 0.329 e. The Morgan fingerprint density at radius 1 is 1.33 bits per heavy atom. The van der Waals surface area contributed by atoms with Gasteiger partial charge in [0.25, 0.3) is 5.56 Å². The quantitative estimate of drug-likeness (QED) is 0.384. The predicted octanol–water partition coefficient (Wildman–Crippen LogP) is 2.15. The van der Waals surface area contributed by atoms with Crippen LogP contribution in [0.25, 0.3) is 11.2 Å². The Bertz CT molecular complexity index is 1590. The van der Waals surface area contributed by atoms with E-state index in [4.69, 9.17) is 10.7 Å². The van der Waals surface area contributed by atoms with E-state index in [9.17, 15) is 19.6 Å². The molecule has 10 nitrogen and oxygen atoms in total. The summed E-state index contributed by atoms with van der Waals surface area (Å²) in [6.07, 6.45) is 1.70. The van der Waals surface area contributed by atoms with Gasteiger partial charge in [0.2, 0.25) is 5.95 Å². The van der Waals surface area contributed by atoms with E-state index in [1.54, 1.807) is 47.3 Å². The number of hydrogen-bond donors (Lipinski definition) is 2. The van der Waals surface area contributed by atoms with Gasteiger partial charge in [0.1, 0.15) is 0 Å². The Balaban J connectivity index is 1.81. The fourth-order valence-electron chi connectivity index (χ4n) is 4.85.